The first-order valence-corrected chi connectivity index (χ1v) is 12.3. The number of fused-ring (bicyclic) bond motifs is 1. The van der Waals surface area contributed by atoms with Crippen LogP contribution >= 0.6 is 11.3 Å². The van der Waals surface area contributed by atoms with E-state index in [1.165, 1.54) is 27.1 Å². The molecule has 3 aromatic rings. The van der Waals surface area contributed by atoms with Gasteiger partial charge in [-0.2, -0.15) is 0 Å². The summed E-state index contributed by atoms with van der Waals surface area (Å²) in [6.07, 6.45) is 5.58. The smallest absolute Gasteiger partial charge is 0.262 e. The Bertz CT molecular complexity index is 1240. The number of amides is 2. The van der Waals surface area contributed by atoms with Gasteiger partial charge in [0.15, 0.2) is 0 Å². The fourth-order valence-electron chi connectivity index (χ4n) is 4.33. The van der Waals surface area contributed by atoms with Crippen molar-refractivity contribution in [2.45, 2.75) is 58.7 Å². The number of hydrogen-bond donors (Lipinski definition) is 1. The van der Waals surface area contributed by atoms with Gasteiger partial charge in [-0.1, -0.05) is 25.0 Å². The van der Waals surface area contributed by atoms with Crippen molar-refractivity contribution in [3.63, 3.8) is 0 Å². The molecular formula is C25H30N4O4S. The average Bonchev–Trinajstić information content (AvgIpc) is 3.43. The molecule has 180 valence electrons. The molecule has 1 fully saturated rings. The van der Waals surface area contributed by atoms with Crippen molar-refractivity contribution >= 4 is 33.4 Å². The van der Waals surface area contributed by atoms with Gasteiger partial charge < -0.3 is 15.0 Å². The minimum atomic E-state index is -0.315. The van der Waals surface area contributed by atoms with Crippen LogP contribution in [0.3, 0.4) is 0 Å². The minimum Gasteiger partial charge on any atom is -0.497 e. The van der Waals surface area contributed by atoms with Crippen LogP contribution in [0.1, 0.15) is 41.7 Å². The molecule has 0 unspecified atom stereocenters. The first-order chi connectivity index (χ1) is 16.4. The third-order valence-corrected chi connectivity index (χ3v) is 7.52. The van der Waals surface area contributed by atoms with Crippen molar-refractivity contribution in [1.82, 2.24) is 19.8 Å². The van der Waals surface area contributed by atoms with Gasteiger partial charge in [0.05, 0.1) is 25.4 Å². The summed E-state index contributed by atoms with van der Waals surface area (Å²) in [5.74, 6) is 0.220. The fraction of sp³-hybridized carbons (Fsp3) is 0.440. The number of nitrogens with zero attached hydrogens (tertiary/aromatic N) is 3. The van der Waals surface area contributed by atoms with Gasteiger partial charge in [-0.25, -0.2) is 4.98 Å². The van der Waals surface area contributed by atoms with Gasteiger partial charge in [0.2, 0.25) is 11.8 Å². The van der Waals surface area contributed by atoms with Crippen molar-refractivity contribution in [2.24, 2.45) is 0 Å². The number of benzene rings is 1. The fourth-order valence-corrected chi connectivity index (χ4v) is 5.32. The Balaban J connectivity index is 1.55. The van der Waals surface area contributed by atoms with Crippen molar-refractivity contribution in [3.05, 3.63) is 57.0 Å². The molecule has 4 rings (SSSR count). The number of carbonyl (C=O) groups excluding carboxylic acids is 2. The highest BCUT2D eigenvalue weighted by Crippen LogP contribution is 2.25. The van der Waals surface area contributed by atoms with Crippen molar-refractivity contribution in [1.29, 1.82) is 0 Å². The van der Waals surface area contributed by atoms with Crippen LogP contribution in [0.4, 0.5) is 0 Å². The van der Waals surface area contributed by atoms with Crippen LogP contribution < -0.4 is 15.6 Å². The topological polar surface area (TPSA) is 93.5 Å². The molecule has 1 aliphatic carbocycles. The number of rotatable bonds is 8. The van der Waals surface area contributed by atoms with Crippen LogP contribution in [0, 0.1) is 13.8 Å². The Morgan fingerprint density at radius 2 is 1.91 bits per heavy atom. The molecule has 0 spiro atoms. The van der Waals surface area contributed by atoms with E-state index in [4.69, 9.17) is 4.74 Å². The van der Waals surface area contributed by atoms with Crippen LogP contribution in [-0.2, 0) is 22.7 Å². The number of ether oxygens (including phenoxy) is 1. The predicted octanol–water partition coefficient (Wildman–Crippen LogP) is 3.17. The maximum Gasteiger partial charge on any atom is 0.262 e. The van der Waals surface area contributed by atoms with E-state index in [2.05, 4.69) is 10.3 Å². The molecule has 0 atom stereocenters. The summed E-state index contributed by atoms with van der Waals surface area (Å²) in [6, 6.07) is 7.54. The lowest BCUT2D eigenvalue weighted by molar-refractivity contribution is -0.137. The van der Waals surface area contributed by atoms with E-state index < -0.39 is 0 Å². The number of aromatic nitrogens is 2. The Morgan fingerprint density at radius 1 is 1.21 bits per heavy atom. The summed E-state index contributed by atoms with van der Waals surface area (Å²) in [5.41, 5.74) is 1.53. The molecule has 2 amide bonds. The van der Waals surface area contributed by atoms with E-state index >= 15 is 0 Å². The van der Waals surface area contributed by atoms with E-state index in [9.17, 15) is 14.4 Å². The summed E-state index contributed by atoms with van der Waals surface area (Å²) >= 11 is 1.47. The number of carbonyl (C=O) groups is 2. The largest absolute Gasteiger partial charge is 0.497 e. The van der Waals surface area contributed by atoms with Crippen LogP contribution in [0.5, 0.6) is 5.75 Å². The second-order valence-electron chi connectivity index (χ2n) is 8.79. The minimum absolute atomic E-state index is 0.0671. The highest BCUT2D eigenvalue weighted by atomic mass is 32.1. The quantitative estimate of drug-likeness (QED) is 0.532. The van der Waals surface area contributed by atoms with Gasteiger partial charge in [-0.15, -0.1) is 11.3 Å². The van der Waals surface area contributed by atoms with Crippen molar-refractivity contribution < 1.29 is 14.3 Å². The first kappa shape index (κ1) is 23.9. The molecular weight excluding hydrogens is 452 g/mol. The lowest BCUT2D eigenvalue weighted by Crippen LogP contribution is -2.44. The van der Waals surface area contributed by atoms with E-state index in [1.807, 2.05) is 38.1 Å². The third-order valence-electron chi connectivity index (χ3n) is 6.40. The number of methoxy groups -OCH3 is 1. The number of aryl methyl sites for hydroxylation is 2. The highest BCUT2D eigenvalue weighted by molar-refractivity contribution is 7.18. The molecule has 1 N–H and O–H groups in total. The van der Waals surface area contributed by atoms with Gasteiger partial charge in [0, 0.05) is 17.5 Å². The first-order valence-electron chi connectivity index (χ1n) is 11.5. The molecule has 8 nitrogen and oxygen atoms in total. The van der Waals surface area contributed by atoms with Gasteiger partial charge >= 0.3 is 0 Å². The summed E-state index contributed by atoms with van der Waals surface area (Å²) in [5, 5.41) is 3.60. The summed E-state index contributed by atoms with van der Waals surface area (Å²) in [6.45, 7) is 3.86. The second kappa shape index (κ2) is 10.4. The van der Waals surface area contributed by atoms with E-state index in [0.29, 0.717) is 16.0 Å². The third kappa shape index (κ3) is 5.30. The standard InChI is InChI=1S/C25H30N4O4S/c1-16-17(2)34-24-23(16)25(32)29(15-26-24)14-22(31)28(12-18-8-10-20(33-3)11-9-18)13-21(30)27-19-6-4-5-7-19/h8-11,15,19H,4-7,12-14H2,1-3H3,(H,27,30). The zero-order chi connectivity index (χ0) is 24.2. The molecule has 1 aromatic carbocycles. The van der Waals surface area contributed by atoms with Gasteiger partial charge in [0.1, 0.15) is 17.1 Å². The normalized spacial score (nSPS) is 13.9. The predicted molar refractivity (Wildman–Crippen MR) is 132 cm³/mol. The Kier molecular flexibility index (Phi) is 7.31. The number of nitrogens with one attached hydrogen (secondary N) is 1. The maximum absolute atomic E-state index is 13.3. The van der Waals surface area contributed by atoms with Crippen LogP contribution in [0.25, 0.3) is 10.2 Å². The zero-order valence-electron chi connectivity index (χ0n) is 19.8. The Hall–Kier alpha value is -3.20. The van der Waals surface area contributed by atoms with Crippen LogP contribution in [0.2, 0.25) is 0 Å². The molecule has 34 heavy (non-hydrogen) atoms. The summed E-state index contributed by atoms with van der Waals surface area (Å²) in [4.78, 5) is 46.7. The Labute approximate surface area is 202 Å². The van der Waals surface area contributed by atoms with Gasteiger partial charge in [0.25, 0.3) is 5.56 Å². The van der Waals surface area contributed by atoms with Crippen LogP contribution in [-0.4, -0.2) is 46.0 Å². The Morgan fingerprint density at radius 3 is 2.59 bits per heavy atom. The van der Waals surface area contributed by atoms with E-state index in [-0.39, 0.29) is 43.0 Å². The van der Waals surface area contributed by atoms with Crippen LogP contribution in [0.15, 0.2) is 35.4 Å². The van der Waals surface area contributed by atoms with Crippen molar-refractivity contribution in [3.8, 4) is 5.75 Å². The van der Waals surface area contributed by atoms with E-state index in [0.717, 1.165) is 41.7 Å². The molecule has 0 saturated heterocycles. The summed E-state index contributed by atoms with van der Waals surface area (Å²) < 4.78 is 6.54. The average molecular weight is 483 g/mol. The van der Waals surface area contributed by atoms with E-state index in [1.54, 1.807) is 7.11 Å². The molecule has 2 aromatic heterocycles. The number of thiophene rings is 1. The highest BCUT2D eigenvalue weighted by Gasteiger charge is 2.23. The molecule has 1 aliphatic rings. The molecule has 0 aliphatic heterocycles. The van der Waals surface area contributed by atoms with Crippen molar-refractivity contribution in [2.75, 3.05) is 13.7 Å². The maximum atomic E-state index is 13.3. The summed E-state index contributed by atoms with van der Waals surface area (Å²) in [7, 11) is 1.59. The SMILES string of the molecule is COc1ccc(CN(CC(=O)NC2CCCC2)C(=O)Cn2cnc3sc(C)c(C)c3c2=O)cc1. The molecule has 9 heteroatoms. The second-order valence-corrected chi connectivity index (χ2v) is 9.99. The molecule has 0 bridgehead atoms. The number of hydrogen-bond acceptors (Lipinski definition) is 6. The van der Waals surface area contributed by atoms with Gasteiger partial charge in [-0.3, -0.25) is 19.0 Å². The molecule has 0 radical (unpaired) electrons. The van der Waals surface area contributed by atoms with Gasteiger partial charge in [-0.05, 0) is 49.9 Å². The lowest BCUT2D eigenvalue weighted by atomic mass is 10.2. The molecule has 1 saturated carbocycles. The monoisotopic (exact) mass is 482 g/mol. The zero-order valence-corrected chi connectivity index (χ0v) is 20.6. The molecule has 2 heterocycles. The lowest BCUT2D eigenvalue weighted by Gasteiger charge is -2.24.